The van der Waals surface area contributed by atoms with Gasteiger partial charge in [0.15, 0.2) is 0 Å². The Morgan fingerprint density at radius 1 is 1.44 bits per heavy atom. The van der Waals surface area contributed by atoms with Crippen molar-refractivity contribution in [3.63, 3.8) is 0 Å². The largest absolute Gasteiger partial charge is 0.480 e. The number of benzene rings is 1. The van der Waals surface area contributed by atoms with E-state index in [4.69, 9.17) is 28.3 Å². The molecule has 6 heteroatoms. The van der Waals surface area contributed by atoms with E-state index in [-0.39, 0.29) is 0 Å². The lowest BCUT2D eigenvalue weighted by Gasteiger charge is -2.15. The van der Waals surface area contributed by atoms with Gasteiger partial charge in [-0.2, -0.15) is 11.8 Å². The van der Waals surface area contributed by atoms with Crippen molar-refractivity contribution in [1.29, 1.82) is 0 Å². The summed E-state index contributed by atoms with van der Waals surface area (Å²) < 4.78 is 0. The van der Waals surface area contributed by atoms with Gasteiger partial charge in [0.1, 0.15) is 6.04 Å². The number of carboxylic acid groups (broad SMARTS) is 1. The number of rotatable bonds is 7. The van der Waals surface area contributed by atoms with Crippen LogP contribution in [0.2, 0.25) is 10.0 Å². The summed E-state index contributed by atoms with van der Waals surface area (Å²) in [5.74, 6) is -0.0625. The van der Waals surface area contributed by atoms with Crippen LogP contribution < -0.4 is 5.32 Å². The molecule has 1 aromatic rings. The number of hydrogen-bond donors (Lipinski definition) is 2. The molecule has 2 N–H and O–H groups in total. The third kappa shape index (κ3) is 4.69. The van der Waals surface area contributed by atoms with E-state index < -0.39 is 12.0 Å². The van der Waals surface area contributed by atoms with Crippen LogP contribution in [0.25, 0.3) is 0 Å². The molecule has 0 aromatic heterocycles. The van der Waals surface area contributed by atoms with Gasteiger partial charge in [-0.1, -0.05) is 29.3 Å². The van der Waals surface area contributed by atoms with Crippen LogP contribution in [-0.4, -0.2) is 29.1 Å². The maximum atomic E-state index is 11.1. The molecule has 18 heavy (non-hydrogen) atoms. The summed E-state index contributed by atoms with van der Waals surface area (Å²) in [4.78, 5) is 11.1. The Hall–Kier alpha value is -0.420. The molecule has 1 rings (SSSR count). The van der Waals surface area contributed by atoms with E-state index >= 15 is 0 Å². The summed E-state index contributed by atoms with van der Waals surface area (Å²) in [6.07, 6.45) is 2.52. The number of carbonyl (C=O) groups is 1. The first-order valence-electron chi connectivity index (χ1n) is 5.44. The summed E-state index contributed by atoms with van der Waals surface area (Å²) in [5, 5.41) is 13.1. The second kappa shape index (κ2) is 7.89. The molecule has 0 saturated carbocycles. The Morgan fingerprint density at radius 3 is 2.56 bits per heavy atom. The molecular weight excluding hydrogens is 293 g/mol. The van der Waals surface area contributed by atoms with E-state index in [1.54, 1.807) is 30.0 Å². The lowest BCUT2D eigenvalue weighted by Crippen LogP contribution is -2.36. The maximum Gasteiger partial charge on any atom is 0.320 e. The average molecular weight is 308 g/mol. The first-order chi connectivity index (χ1) is 8.56. The Balaban J connectivity index is 2.64. The minimum absolute atomic E-state index is 0.351. The molecule has 0 spiro atoms. The predicted octanol–water partition coefficient (Wildman–Crippen LogP) is 3.29. The van der Waals surface area contributed by atoms with Crippen molar-refractivity contribution in [1.82, 2.24) is 5.32 Å². The van der Waals surface area contributed by atoms with Gasteiger partial charge in [-0.3, -0.25) is 4.79 Å². The molecular formula is C12H15Cl2NO2S. The molecule has 1 atom stereocenters. The molecule has 3 nitrogen and oxygen atoms in total. The number of thioether (sulfide) groups is 1. The molecule has 0 radical (unpaired) electrons. The smallest absolute Gasteiger partial charge is 0.320 e. The van der Waals surface area contributed by atoms with Gasteiger partial charge in [0.2, 0.25) is 0 Å². The van der Waals surface area contributed by atoms with Gasteiger partial charge >= 0.3 is 5.97 Å². The van der Waals surface area contributed by atoms with Crippen molar-refractivity contribution in [2.45, 2.75) is 19.0 Å². The predicted molar refractivity (Wildman–Crippen MR) is 77.7 cm³/mol. The van der Waals surface area contributed by atoms with E-state index in [9.17, 15) is 4.79 Å². The van der Waals surface area contributed by atoms with Crippen molar-refractivity contribution in [2.75, 3.05) is 12.0 Å². The number of hydrogen-bond acceptors (Lipinski definition) is 3. The third-order valence-electron chi connectivity index (χ3n) is 2.50. The fraction of sp³-hybridized carbons (Fsp3) is 0.417. The number of carboxylic acids is 1. The Labute approximate surface area is 121 Å². The highest BCUT2D eigenvalue weighted by molar-refractivity contribution is 7.98. The zero-order valence-corrected chi connectivity index (χ0v) is 12.3. The van der Waals surface area contributed by atoms with Crippen LogP contribution in [0.4, 0.5) is 0 Å². The lowest BCUT2D eigenvalue weighted by atomic mass is 10.2. The molecule has 0 bridgehead atoms. The molecule has 0 amide bonds. The summed E-state index contributed by atoms with van der Waals surface area (Å²) in [7, 11) is 0. The zero-order valence-electron chi connectivity index (χ0n) is 9.95. The van der Waals surface area contributed by atoms with Crippen molar-refractivity contribution in [3.8, 4) is 0 Å². The van der Waals surface area contributed by atoms with Crippen LogP contribution in [0.15, 0.2) is 18.2 Å². The topological polar surface area (TPSA) is 49.3 Å². The highest BCUT2D eigenvalue weighted by Crippen LogP contribution is 2.24. The lowest BCUT2D eigenvalue weighted by molar-refractivity contribution is -0.139. The fourth-order valence-electron chi connectivity index (χ4n) is 1.48. The van der Waals surface area contributed by atoms with Crippen LogP contribution in [-0.2, 0) is 11.3 Å². The second-order valence-electron chi connectivity index (χ2n) is 3.75. The second-order valence-corrected chi connectivity index (χ2v) is 5.55. The van der Waals surface area contributed by atoms with Crippen LogP contribution in [0.3, 0.4) is 0 Å². The van der Waals surface area contributed by atoms with Gasteiger partial charge in [-0.25, -0.2) is 0 Å². The Morgan fingerprint density at radius 2 is 2.06 bits per heavy atom. The monoisotopic (exact) mass is 307 g/mol. The molecule has 0 aliphatic carbocycles. The highest BCUT2D eigenvalue weighted by Gasteiger charge is 2.17. The summed E-state index contributed by atoms with van der Waals surface area (Å²) in [5.41, 5.74) is 0.733. The number of aliphatic carboxylic acids is 1. The van der Waals surface area contributed by atoms with Gasteiger partial charge in [0.05, 0.1) is 0 Å². The molecule has 100 valence electrons. The summed E-state index contributed by atoms with van der Waals surface area (Å²) in [6, 6.07) is 4.66. The van der Waals surface area contributed by atoms with Gasteiger partial charge in [-0.15, -0.1) is 0 Å². The quantitative estimate of drug-likeness (QED) is 0.811. The van der Waals surface area contributed by atoms with E-state index in [2.05, 4.69) is 5.32 Å². The SMILES string of the molecule is CSCCC(NCc1c(Cl)cccc1Cl)C(=O)O. The molecule has 0 aliphatic rings. The minimum Gasteiger partial charge on any atom is -0.480 e. The molecule has 0 saturated heterocycles. The standard InChI is InChI=1S/C12H15Cl2NO2S/c1-18-6-5-11(12(16)17)15-7-8-9(13)3-2-4-10(8)14/h2-4,11,15H,5-7H2,1H3,(H,16,17). The number of nitrogens with one attached hydrogen (secondary N) is 1. The van der Waals surface area contributed by atoms with E-state index in [1.165, 1.54) is 0 Å². The van der Waals surface area contributed by atoms with Crippen molar-refractivity contribution < 1.29 is 9.90 Å². The highest BCUT2D eigenvalue weighted by atomic mass is 35.5. The summed E-state index contributed by atoms with van der Waals surface area (Å²) >= 11 is 13.7. The Kier molecular flexibility index (Phi) is 6.86. The van der Waals surface area contributed by atoms with Crippen LogP contribution >= 0.6 is 35.0 Å². The van der Waals surface area contributed by atoms with Gasteiger partial charge in [0, 0.05) is 22.2 Å². The van der Waals surface area contributed by atoms with E-state index in [0.717, 1.165) is 11.3 Å². The number of halogens is 2. The average Bonchev–Trinajstić information content (AvgIpc) is 2.31. The van der Waals surface area contributed by atoms with E-state index in [0.29, 0.717) is 23.0 Å². The summed E-state index contributed by atoms with van der Waals surface area (Å²) in [6.45, 7) is 0.351. The van der Waals surface area contributed by atoms with Crippen LogP contribution in [0, 0.1) is 0 Å². The fourth-order valence-corrected chi connectivity index (χ4v) is 2.48. The van der Waals surface area contributed by atoms with Crippen molar-refractivity contribution in [2.24, 2.45) is 0 Å². The van der Waals surface area contributed by atoms with Crippen LogP contribution in [0.5, 0.6) is 0 Å². The third-order valence-corrected chi connectivity index (χ3v) is 3.85. The van der Waals surface area contributed by atoms with Crippen molar-refractivity contribution >= 4 is 40.9 Å². The molecule has 0 heterocycles. The van der Waals surface area contributed by atoms with Gasteiger partial charge in [-0.05, 0) is 30.6 Å². The minimum atomic E-state index is -0.854. The molecule has 1 unspecified atom stereocenters. The van der Waals surface area contributed by atoms with Gasteiger partial charge < -0.3 is 10.4 Å². The zero-order chi connectivity index (χ0) is 13.5. The van der Waals surface area contributed by atoms with E-state index in [1.807, 2.05) is 6.26 Å². The first-order valence-corrected chi connectivity index (χ1v) is 7.59. The maximum absolute atomic E-state index is 11.1. The van der Waals surface area contributed by atoms with Crippen LogP contribution in [0.1, 0.15) is 12.0 Å². The molecule has 1 aromatic carbocycles. The first kappa shape index (κ1) is 15.6. The molecule has 0 aliphatic heterocycles. The van der Waals surface area contributed by atoms with Crippen molar-refractivity contribution in [3.05, 3.63) is 33.8 Å². The normalized spacial score (nSPS) is 12.4. The Bertz CT molecular complexity index is 395. The van der Waals surface area contributed by atoms with Gasteiger partial charge in [0.25, 0.3) is 0 Å². The molecule has 0 fully saturated rings.